The predicted molar refractivity (Wildman–Crippen MR) is 149 cm³/mol. The average molecular weight is 581 g/mol. The smallest absolute Gasteiger partial charge is 0.250 e. The molecule has 0 aliphatic carbocycles. The first kappa shape index (κ1) is 28.3. The van der Waals surface area contributed by atoms with Gasteiger partial charge in [-0.05, 0) is 66.8 Å². The second-order valence-electron chi connectivity index (χ2n) is 9.55. The molecule has 4 aromatic rings. The van der Waals surface area contributed by atoms with E-state index in [0.717, 1.165) is 17.7 Å². The average Bonchev–Trinajstić information content (AvgIpc) is 3.80. The van der Waals surface area contributed by atoms with E-state index in [1.165, 1.54) is 21.0 Å². The lowest BCUT2D eigenvalue weighted by Crippen LogP contribution is -2.46. The van der Waals surface area contributed by atoms with Gasteiger partial charge in [0.1, 0.15) is 18.1 Å². The maximum atomic E-state index is 13.9. The molecule has 1 fully saturated rings. The van der Waals surface area contributed by atoms with Gasteiger partial charge in [0.15, 0.2) is 17.5 Å². The number of carbonyl (C=O) groups excluding carboxylic acids is 2. The largest absolute Gasteiger partial charge is 0.493 e. The minimum absolute atomic E-state index is 0.0475. The summed E-state index contributed by atoms with van der Waals surface area (Å²) in [6.45, 7) is 2.80. The molecular formula is C28H32N6O6S. The monoisotopic (exact) mass is 580 g/mol. The van der Waals surface area contributed by atoms with E-state index >= 15 is 0 Å². The molecule has 0 spiro atoms. The number of thiophene rings is 1. The van der Waals surface area contributed by atoms with E-state index in [1.54, 1.807) is 51.5 Å². The molecule has 1 aromatic carbocycles. The van der Waals surface area contributed by atoms with Crippen LogP contribution in [-0.4, -0.2) is 70.4 Å². The van der Waals surface area contributed by atoms with Crippen molar-refractivity contribution in [2.24, 2.45) is 0 Å². The van der Waals surface area contributed by atoms with Crippen molar-refractivity contribution < 1.29 is 28.2 Å². The molecular weight excluding hydrogens is 548 g/mol. The number of hydrogen-bond donors (Lipinski definition) is 1. The lowest BCUT2D eigenvalue weighted by atomic mass is 10.1. The highest BCUT2D eigenvalue weighted by molar-refractivity contribution is 7.09. The van der Waals surface area contributed by atoms with E-state index in [-0.39, 0.29) is 31.0 Å². The summed E-state index contributed by atoms with van der Waals surface area (Å²) in [5.41, 5.74) is 0.647. The number of nitrogens with zero attached hydrogens (tertiary/aromatic N) is 5. The van der Waals surface area contributed by atoms with Crippen LogP contribution in [0.2, 0.25) is 0 Å². The summed E-state index contributed by atoms with van der Waals surface area (Å²) in [6, 6.07) is 11.6. The van der Waals surface area contributed by atoms with Crippen molar-refractivity contribution in [3.05, 3.63) is 64.2 Å². The fraction of sp³-hybridized carbons (Fsp3) is 0.393. The van der Waals surface area contributed by atoms with Gasteiger partial charge in [-0.1, -0.05) is 6.07 Å². The number of ether oxygens (including phenoxy) is 3. The molecule has 3 aromatic heterocycles. The third-order valence-corrected chi connectivity index (χ3v) is 7.58. The number of amides is 2. The van der Waals surface area contributed by atoms with Gasteiger partial charge >= 0.3 is 0 Å². The van der Waals surface area contributed by atoms with E-state index < -0.39 is 6.04 Å². The highest BCUT2D eigenvalue weighted by Gasteiger charge is 2.35. The molecule has 41 heavy (non-hydrogen) atoms. The fourth-order valence-electron chi connectivity index (χ4n) is 4.65. The number of benzene rings is 1. The summed E-state index contributed by atoms with van der Waals surface area (Å²) < 4.78 is 22.2. The van der Waals surface area contributed by atoms with E-state index in [4.69, 9.17) is 18.6 Å². The highest BCUT2D eigenvalue weighted by atomic mass is 32.1. The number of carbonyl (C=O) groups is 2. The number of rotatable bonds is 12. The Hall–Kier alpha value is -4.23. The number of methoxy groups -OCH3 is 2. The maximum absolute atomic E-state index is 13.9. The molecule has 1 aliphatic heterocycles. The molecule has 1 saturated heterocycles. The van der Waals surface area contributed by atoms with Crippen molar-refractivity contribution in [2.75, 3.05) is 27.4 Å². The zero-order valence-corrected chi connectivity index (χ0v) is 23.9. The zero-order chi connectivity index (χ0) is 28.8. The minimum atomic E-state index is -1.01. The van der Waals surface area contributed by atoms with Gasteiger partial charge in [-0.2, -0.15) is 4.80 Å². The minimum Gasteiger partial charge on any atom is -0.493 e. The van der Waals surface area contributed by atoms with Crippen LogP contribution in [0.4, 0.5) is 0 Å². The first-order valence-electron chi connectivity index (χ1n) is 13.2. The molecule has 0 radical (unpaired) electrons. The van der Waals surface area contributed by atoms with Crippen LogP contribution in [0.15, 0.2) is 52.3 Å². The van der Waals surface area contributed by atoms with E-state index in [0.29, 0.717) is 47.6 Å². The predicted octanol–water partition coefficient (Wildman–Crippen LogP) is 3.39. The Kier molecular flexibility index (Phi) is 8.95. The topological polar surface area (TPSA) is 134 Å². The second kappa shape index (κ2) is 13.0. The molecule has 216 valence electrons. The normalized spacial score (nSPS) is 15.4. The van der Waals surface area contributed by atoms with Gasteiger partial charge in [0.25, 0.3) is 5.91 Å². The van der Waals surface area contributed by atoms with Crippen LogP contribution in [0.3, 0.4) is 0 Å². The summed E-state index contributed by atoms with van der Waals surface area (Å²) in [4.78, 5) is 31.1. The van der Waals surface area contributed by atoms with Crippen molar-refractivity contribution in [3.8, 4) is 22.9 Å². The Balaban J connectivity index is 1.40. The van der Waals surface area contributed by atoms with Crippen molar-refractivity contribution >= 4 is 23.2 Å². The Morgan fingerprint density at radius 2 is 2.05 bits per heavy atom. The fourth-order valence-corrected chi connectivity index (χ4v) is 5.35. The zero-order valence-electron chi connectivity index (χ0n) is 23.1. The summed E-state index contributed by atoms with van der Waals surface area (Å²) >= 11 is 1.50. The summed E-state index contributed by atoms with van der Waals surface area (Å²) in [5, 5.41) is 17.5. The quantitative estimate of drug-likeness (QED) is 0.268. The molecule has 2 amide bonds. The van der Waals surface area contributed by atoms with Crippen LogP contribution < -0.4 is 14.8 Å². The van der Waals surface area contributed by atoms with Gasteiger partial charge in [0.05, 0.1) is 26.9 Å². The third-order valence-electron chi connectivity index (χ3n) is 6.72. The van der Waals surface area contributed by atoms with Crippen LogP contribution in [0.5, 0.6) is 11.5 Å². The highest BCUT2D eigenvalue weighted by Crippen LogP contribution is 2.31. The van der Waals surface area contributed by atoms with E-state index in [9.17, 15) is 9.59 Å². The van der Waals surface area contributed by atoms with Crippen LogP contribution in [0.25, 0.3) is 11.4 Å². The summed E-state index contributed by atoms with van der Waals surface area (Å²) in [7, 11) is 3.10. The standard InChI is InChI=1S/C28H32N6O6S/c1-18-8-10-23(40-18)26(28(36)29-15-20-6-4-12-39-20)33(16-21-7-5-13-41-21)25(35)17-34-31-27(30-32-34)19-9-11-22(37-2)24(14-19)38-3/h5,7-11,13-14,20,26H,4,6,12,15-17H2,1-3H3,(H,29,36). The van der Waals surface area contributed by atoms with Gasteiger partial charge in [-0.3, -0.25) is 9.59 Å². The Bertz CT molecular complexity index is 1460. The van der Waals surface area contributed by atoms with E-state index in [2.05, 4.69) is 20.7 Å². The molecule has 1 N–H and O–H groups in total. The SMILES string of the molecule is COc1ccc(-c2nnn(CC(=O)N(Cc3cccs3)C(C(=O)NCC3CCCO3)c3ccc(C)o3)n2)cc1OC. The first-order chi connectivity index (χ1) is 19.9. The van der Waals surface area contributed by atoms with Gasteiger partial charge < -0.3 is 28.8 Å². The van der Waals surface area contributed by atoms with Crippen LogP contribution >= 0.6 is 11.3 Å². The van der Waals surface area contributed by atoms with Gasteiger partial charge in [0.2, 0.25) is 11.7 Å². The Morgan fingerprint density at radius 3 is 2.73 bits per heavy atom. The number of tetrazole rings is 1. The maximum Gasteiger partial charge on any atom is 0.250 e. The van der Waals surface area contributed by atoms with Gasteiger partial charge in [-0.25, -0.2) is 0 Å². The van der Waals surface area contributed by atoms with Crippen molar-refractivity contribution in [1.29, 1.82) is 0 Å². The molecule has 5 rings (SSSR count). The number of nitrogens with one attached hydrogen (secondary N) is 1. The third kappa shape index (κ3) is 6.74. The van der Waals surface area contributed by atoms with Gasteiger partial charge in [0, 0.05) is 23.6 Å². The van der Waals surface area contributed by atoms with E-state index in [1.807, 2.05) is 17.5 Å². The lowest BCUT2D eigenvalue weighted by Gasteiger charge is -2.29. The second-order valence-corrected chi connectivity index (χ2v) is 10.6. The molecule has 2 unspecified atom stereocenters. The molecule has 4 heterocycles. The van der Waals surface area contributed by atoms with Gasteiger partial charge in [-0.15, -0.1) is 21.5 Å². The lowest BCUT2D eigenvalue weighted by molar-refractivity contribution is -0.143. The van der Waals surface area contributed by atoms with Crippen LogP contribution in [-0.2, 0) is 27.4 Å². The number of furan rings is 1. The Morgan fingerprint density at radius 1 is 1.20 bits per heavy atom. The first-order valence-corrected chi connectivity index (χ1v) is 14.1. The molecule has 1 aliphatic rings. The van der Waals surface area contributed by atoms with Crippen molar-refractivity contribution in [3.63, 3.8) is 0 Å². The molecule has 2 atom stereocenters. The molecule has 0 bridgehead atoms. The van der Waals surface area contributed by atoms with Crippen LogP contribution in [0, 0.1) is 6.92 Å². The van der Waals surface area contributed by atoms with Crippen LogP contribution in [0.1, 0.15) is 35.3 Å². The number of hydrogen-bond acceptors (Lipinski definition) is 10. The summed E-state index contributed by atoms with van der Waals surface area (Å²) in [6.07, 6.45) is 1.79. The van der Waals surface area contributed by atoms with Crippen molar-refractivity contribution in [2.45, 2.75) is 45.0 Å². The Labute approximate surface area is 241 Å². The number of aromatic nitrogens is 4. The molecule has 13 heteroatoms. The molecule has 12 nitrogen and oxygen atoms in total. The molecule has 0 saturated carbocycles. The summed E-state index contributed by atoms with van der Waals surface area (Å²) in [5.74, 6) is 1.69. The number of aryl methyl sites for hydroxylation is 1. The van der Waals surface area contributed by atoms with Crippen molar-refractivity contribution in [1.82, 2.24) is 30.4 Å².